The molecule has 0 fully saturated rings. The fraction of sp³-hybridized carbons (Fsp3) is 0.0476. The lowest BCUT2D eigenvalue weighted by atomic mass is 9.72. The Bertz CT molecular complexity index is 2680. The summed E-state index contributed by atoms with van der Waals surface area (Å²) in [6, 6.07) is 48.1. The predicted molar refractivity (Wildman–Crippen MR) is 206 cm³/mol. The molecule has 2 N–H and O–H groups in total. The molecule has 0 atom stereocenters. The first-order chi connectivity index (χ1) is 25.5. The zero-order valence-corrected chi connectivity index (χ0v) is 28.9. The Morgan fingerprint density at radius 1 is 0.547 bits per heavy atom. The van der Waals surface area contributed by atoms with Crippen molar-refractivity contribution in [2.24, 2.45) is 0 Å². The van der Waals surface area contributed by atoms with Crippen molar-refractivity contribution in [3.8, 4) is 33.8 Å². The van der Waals surface area contributed by atoms with Crippen LogP contribution < -0.4 is 14.4 Å². The van der Waals surface area contributed by atoms with Crippen LogP contribution in [0, 0.1) is 0 Å². The molecule has 264 valence electrons. The van der Waals surface area contributed by atoms with Crippen LogP contribution in [0.2, 0.25) is 0 Å². The van der Waals surface area contributed by atoms with Gasteiger partial charge in [0.2, 0.25) is 0 Å². The van der Waals surface area contributed by atoms with Crippen molar-refractivity contribution in [1.82, 2.24) is 0 Å². The van der Waals surface area contributed by atoms with Crippen LogP contribution >= 0.6 is 0 Å². The van der Waals surface area contributed by atoms with Crippen LogP contribution in [0.4, 0.5) is 13.2 Å². The lowest BCUT2D eigenvalue weighted by molar-refractivity contribution is -0.0500. The molecular formula is C42H30BF3O6S. The van der Waals surface area contributed by atoms with Crippen LogP contribution in [-0.4, -0.2) is 38.2 Å². The molecule has 53 heavy (non-hydrogen) atoms. The van der Waals surface area contributed by atoms with E-state index >= 15 is 0 Å². The fourth-order valence-electron chi connectivity index (χ4n) is 6.67. The first-order valence-electron chi connectivity index (χ1n) is 16.4. The van der Waals surface area contributed by atoms with E-state index in [1.54, 1.807) is 18.2 Å². The molecule has 0 aliphatic heterocycles. The molecule has 0 aliphatic carbocycles. The van der Waals surface area contributed by atoms with Gasteiger partial charge in [0.15, 0.2) is 0 Å². The van der Waals surface area contributed by atoms with Crippen molar-refractivity contribution in [1.29, 1.82) is 0 Å². The second kappa shape index (κ2) is 14.3. The Labute approximate surface area is 303 Å². The van der Waals surface area contributed by atoms with Crippen molar-refractivity contribution in [3.05, 3.63) is 152 Å². The van der Waals surface area contributed by atoms with Gasteiger partial charge in [-0.25, -0.2) is 0 Å². The lowest BCUT2D eigenvalue weighted by Gasteiger charge is -2.19. The average molecular weight is 731 g/mol. The van der Waals surface area contributed by atoms with Gasteiger partial charge in [0, 0.05) is 0 Å². The molecule has 0 saturated heterocycles. The summed E-state index contributed by atoms with van der Waals surface area (Å²) in [5.41, 5.74) is -0.274. The number of hydrogen-bond acceptors (Lipinski definition) is 6. The molecule has 6 nitrogen and oxygen atoms in total. The molecule has 0 heterocycles. The summed E-state index contributed by atoms with van der Waals surface area (Å²) in [5, 5.41) is 27.9. The van der Waals surface area contributed by atoms with Crippen molar-refractivity contribution in [3.63, 3.8) is 0 Å². The number of rotatable bonds is 6. The van der Waals surface area contributed by atoms with Gasteiger partial charge in [-0.3, -0.25) is 0 Å². The Hall–Kier alpha value is -5.88. The van der Waals surface area contributed by atoms with Gasteiger partial charge in [-0.15, -0.1) is 0 Å². The number of halogens is 3. The second-order valence-electron chi connectivity index (χ2n) is 12.2. The summed E-state index contributed by atoms with van der Waals surface area (Å²) < 4.78 is 67.5. The van der Waals surface area contributed by atoms with Crippen LogP contribution in [0.1, 0.15) is 0 Å². The molecule has 0 saturated carbocycles. The highest BCUT2D eigenvalue weighted by molar-refractivity contribution is 7.88. The number of benzene rings is 8. The highest BCUT2D eigenvalue weighted by Crippen LogP contribution is 2.41. The standard InChI is InChI=1S/C30H21BO2.C12H9F3O4S/c32-31(33)30-27-16-8-6-14-24(27)29(25-15-7-9-17-28(25)30)26-19-18-21(20-10-2-1-3-11-20)22-12-4-5-13-23(22)26;1-18-10-4-2-8-3-5-11(7-9(8)6-10)19-20(16,17)12(13,14)15/h1-19,32-33H;2-7H,1H3. The quantitative estimate of drug-likeness (QED) is 0.0768. The zero-order chi connectivity index (χ0) is 37.3. The number of ether oxygens (including phenoxy) is 1. The SMILES string of the molecule is COc1ccc2ccc(OS(=O)(=O)C(F)(F)F)cc2c1.OB(O)c1c2ccccc2c(-c2ccc(-c3ccccc3)c3ccccc23)c2ccccc12. The largest absolute Gasteiger partial charge is 0.534 e. The molecule has 0 bridgehead atoms. The summed E-state index contributed by atoms with van der Waals surface area (Å²) >= 11 is 0. The first-order valence-corrected chi connectivity index (χ1v) is 17.8. The van der Waals surface area contributed by atoms with Crippen LogP contribution in [-0.2, 0) is 10.1 Å². The number of methoxy groups -OCH3 is 1. The number of fused-ring (bicyclic) bond motifs is 4. The van der Waals surface area contributed by atoms with Crippen LogP contribution in [0.25, 0.3) is 65.3 Å². The number of hydrogen-bond donors (Lipinski definition) is 2. The van der Waals surface area contributed by atoms with E-state index in [-0.39, 0.29) is 0 Å². The smallest absolute Gasteiger partial charge is 0.497 e. The molecule has 0 unspecified atom stereocenters. The molecule has 0 amide bonds. The molecule has 8 rings (SSSR count). The maximum Gasteiger partial charge on any atom is 0.534 e. The third-order valence-corrected chi connectivity index (χ3v) is 10.00. The monoisotopic (exact) mass is 730 g/mol. The Morgan fingerprint density at radius 2 is 1.02 bits per heavy atom. The molecule has 0 radical (unpaired) electrons. The summed E-state index contributed by atoms with van der Waals surface area (Å²) in [4.78, 5) is 0. The van der Waals surface area contributed by atoms with E-state index in [1.807, 2.05) is 42.5 Å². The van der Waals surface area contributed by atoms with Crippen LogP contribution in [0.3, 0.4) is 0 Å². The maximum atomic E-state index is 12.2. The highest BCUT2D eigenvalue weighted by Gasteiger charge is 2.48. The summed E-state index contributed by atoms with van der Waals surface area (Å²) in [6.07, 6.45) is 0. The van der Waals surface area contributed by atoms with Crippen molar-refractivity contribution < 1.29 is 40.6 Å². The number of alkyl halides is 3. The summed E-state index contributed by atoms with van der Waals surface area (Å²) in [5.74, 6) is 0.0800. The molecule has 8 aromatic rings. The van der Waals surface area contributed by atoms with Gasteiger partial charge < -0.3 is 19.0 Å². The lowest BCUT2D eigenvalue weighted by Crippen LogP contribution is -2.31. The second-order valence-corrected chi connectivity index (χ2v) is 13.7. The fourth-order valence-corrected chi connectivity index (χ4v) is 7.12. The van der Waals surface area contributed by atoms with Crippen LogP contribution in [0.15, 0.2) is 152 Å². The Balaban J connectivity index is 0.000000187. The van der Waals surface area contributed by atoms with Crippen molar-refractivity contribution in [2.45, 2.75) is 5.51 Å². The molecule has 0 aromatic heterocycles. The third-order valence-electron chi connectivity index (χ3n) is 9.02. The van der Waals surface area contributed by atoms with Gasteiger partial charge in [0.05, 0.1) is 7.11 Å². The first kappa shape index (κ1) is 35.5. The van der Waals surface area contributed by atoms with E-state index < -0.39 is 28.5 Å². The van der Waals surface area contributed by atoms with E-state index in [2.05, 4.69) is 77.0 Å². The summed E-state index contributed by atoms with van der Waals surface area (Å²) in [7, 11) is -5.78. The normalized spacial score (nSPS) is 11.7. The van der Waals surface area contributed by atoms with Gasteiger partial charge >= 0.3 is 22.7 Å². The van der Waals surface area contributed by atoms with Gasteiger partial charge in [-0.05, 0) is 95.1 Å². The molecule has 8 aromatic carbocycles. The maximum absolute atomic E-state index is 12.2. The van der Waals surface area contributed by atoms with Crippen LogP contribution in [0.5, 0.6) is 11.5 Å². The molecular weight excluding hydrogens is 700 g/mol. The zero-order valence-electron chi connectivity index (χ0n) is 28.1. The van der Waals surface area contributed by atoms with E-state index in [0.29, 0.717) is 22.0 Å². The topological polar surface area (TPSA) is 93.1 Å². The van der Waals surface area contributed by atoms with Gasteiger partial charge in [-0.2, -0.15) is 21.6 Å². The summed E-state index contributed by atoms with van der Waals surface area (Å²) in [6.45, 7) is 0. The van der Waals surface area contributed by atoms with Gasteiger partial charge in [-0.1, -0.05) is 127 Å². The Morgan fingerprint density at radius 3 is 1.57 bits per heavy atom. The van der Waals surface area contributed by atoms with Crippen molar-refractivity contribution in [2.75, 3.05) is 7.11 Å². The van der Waals surface area contributed by atoms with Gasteiger partial charge in [0.25, 0.3) is 0 Å². The minimum Gasteiger partial charge on any atom is -0.497 e. The molecule has 11 heteroatoms. The third kappa shape index (κ3) is 6.90. The van der Waals surface area contributed by atoms with E-state index in [4.69, 9.17) is 4.74 Å². The van der Waals surface area contributed by atoms with E-state index in [1.165, 1.54) is 41.1 Å². The molecule has 0 aliphatic rings. The van der Waals surface area contributed by atoms with E-state index in [9.17, 15) is 31.6 Å². The predicted octanol–water partition coefficient (Wildman–Crippen LogP) is 9.24. The highest BCUT2D eigenvalue weighted by atomic mass is 32.2. The average Bonchev–Trinajstić information content (AvgIpc) is 3.16. The van der Waals surface area contributed by atoms with Crippen molar-refractivity contribution >= 4 is 65.8 Å². The minimum atomic E-state index is -5.67. The molecule has 0 spiro atoms. The van der Waals surface area contributed by atoms with Gasteiger partial charge in [0.1, 0.15) is 11.5 Å². The van der Waals surface area contributed by atoms with E-state index in [0.717, 1.165) is 38.7 Å². The minimum absolute atomic E-state index is 0.414. The Kier molecular flexibility index (Phi) is 9.57.